The van der Waals surface area contributed by atoms with E-state index in [0.29, 0.717) is 6.04 Å². The Morgan fingerprint density at radius 2 is 2.20 bits per heavy atom. The lowest BCUT2D eigenvalue weighted by Gasteiger charge is -2.24. The average molecular weight is 274 g/mol. The quantitative estimate of drug-likeness (QED) is 0.885. The second-order valence-electron chi connectivity index (χ2n) is 5.66. The molecule has 0 saturated carbocycles. The maximum absolute atomic E-state index is 12.6. The van der Waals surface area contributed by atoms with Gasteiger partial charge in [0.05, 0.1) is 0 Å². The van der Waals surface area contributed by atoms with Crippen molar-refractivity contribution in [3.63, 3.8) is 0 Å². The summed E-state index contributed by atoms with van der Waals surface area (Å²) in [5.41, 5.74) is 3.11. The fourth-order valence-corrected chi connectivity index (χ4v) is 2.95. The summed E-state index contributed by atoms with van der Waals surface area (Å²) in [6.07, 6.45) is 4.45. The zero-order valence-corrected chi connectivity index (χ0v) is 12.9. The molecule has 0 radical (unpaired) electrons. The zero-order valence-electron chi connectivity index (χ0n) is 12.9. The normalized spacial score (nSPS) is 18.4. The summed E-state index contributed by atoms with van der Waals surface area (Å²) in [5.74, 6) is 0.194. The van der Waals surface area contributed by atoms with Crippen molar-refractivity contribution in [2.75, 3.05) is 18.4 Å². The van der Waals surface area contributed by atoms with Crippen molar-refractivity contribution in [1.82, 2.24) is 4.90 Å². The largest absolute Gasteiger partial charge is 0.385 e. The van der Waals surface area contributed by atoms with Crippen LogP contribution in [0.2, 0.25) is 0 Å². The highest BCUT2D eigenvalue weighted by molar-refractivity contribution is 5.95. The van der Waals surface area contributed by atoms with Crippen LogP contribution >= 0.6 is 0 Å². The van der Waals surface area contributed by atoms with Gasteiger partial charge >= 0.3 is 0 Å². The second kappa shape index (κ2) is 6.78. The highest BCUT2D eigenvalue weighted by Crippen LogP contribution is 2.24. The van der Waals surface area contributed by atoms with E-state index >= 15 is 0 Å². The molecule has 3 heteroatoms. The first-order valence-electron chi connectivity index (χ1n) is 7.82. The number of benzene rings is 1. The molecule has 1 unspecified atom stereocenters. The number of anilines is 1. The third-order valence-electron chi connectivity index (χ3n) is 4.15. The van der Waals surface area contributed by atoms with E-state index in [0.717, 1.165) is 55.6 Å². The number of likely N-dealkylation sites (tertiary alicyclic amines) is 1. The van der Waals surface area contributed by atoms with Crippen molar-refractivity contribution in [1.29, 1.82) is 0 Å². The van der Waals surface area contributed by atoms with Crippen molar-refractivity contribution >= 4 is 11.6 Å². The molecule has 20 heavy (non-hydrogen) atoms. The molecule has 1 saturated heterocycles. The molecule has 0 spiro atoms. The predicted octanol–water partition coefficient (Wildman–Crippen LogP) is 3.83. The van der Waals surface area contributed by atoms with Gasteiger partial charge in [0, 0.05) is 30.4 Å². The fourth-order valence-electron chi connectivity index (χ4n) is 2.95. The molecule has 1 atom stereocenters. The summed E-state index contributed by atoms with van der Waals surface area (Å²) in [6, 6.07) is 6.44. The van der Waals surface area contributed by atoms with Gasteiger partial charge in [-0.1, -0.05) is 13.8 Å². The maximum atomic E-state index is 12.6. The highest BCUT2D eigenvalue weighted by atomic mass is 16.2. The Labute approximate surface area is 122 Å². The third-order valence-corrected chi connectivity index (χ3v) is 4.15. The van der Waals surface area contributed by atoms with Crippen LogP contribution in [0.5, 0.6) is 0 Å². The number of nitrogens with zero attached hydrogens (tertiary/aromatic N) is 1. The monoisotopic (exact) mass is 274 g/mol. The topological polar surface area (TPSA) is 32.3 Å². The van der Waals surface area contributed by atoms with Crippen LogP contribution in [0.3, 0.4) is 0 Å². The molecule has 1 aromatic carbocycles. The van der Waals surface area contributed by atoms with Crippen LogP contribution in [-0.2, 0) is 0 Å². The Hall–Kier alpha value is -1.51. The van der Waals surface area contributed by atoms with Gasteiger partial charge in [-0.05, 0) is 56.4 Å². The van der Waals surface area contributed by atoms with Gasteiger partial charge in [0.1, 0.15) is 0 Å². The second-order valence-corrected chi connectivity index (χ2v) is 5.66. The lowest BCUT2D eigenvalue weighted by molar-refractivity contribution is 0.0733. The van der Waals surface area contributed by atoms with Crippen LogP contribution in [0, 0.1) is 6.92 Å². The summed E-state index contributed by atoms with van der Waals surface area (Å²) in [6.45, 7) is 8.26. The Morgan fingerprint density at radius 1 is 1.40 bits per heavy atom. The van der Waals surface area contributed by atoms with Gasteiger partial charge < -0.3 is 10.2 Å². The Morgan fingerprint density at radius 3 is 2.85 bits per heavy atom. The van der Waals surface area contributed by atoms with Crippen molar-refractivity contribution in [3.05, 3.63) is 29.3 Å². The lowest BCUT2D eigenvalue weighted by Crippen LogP contribution is -2.35. The third kappa shape index (κ3) is 3.14. The van der Waals surface area contributed by atoms with Crippen LogP contribution in [-0.4, -0.2) is 29.9 Å². The molecule has 0 bridgehead atoms. The van der Waals surface area contributed by atoms with Gasteiger partial charge in [-0.2, -0.15) is 0 Å². The molecule has 1 amide bonds. The summed E-state index contributed by atoms with van der Waals surface area (Å²) in [5, 5.41) is 3.39. The average Bonchev–Trinajstić information content (AvgIpc) is 2.93. The minimum absolute atomic E-state index is 0.194. The van der Waals surface area contributed by atoms with Crippen molar-refractivity contribution in [2.24, 2.45) is 0 Å². The zero-order chi connectivity index (χ0) is 14.5. The minimum Gasteiger partial charge on any atom is -0.385 e. The molecule has 1 aliphatic rings. The van der Waals surface area contributed by atoms with Gasteiger partial charge in [-0.25, -0.2) is 0 Å². The van der Waals surface area contributed by atoms with Crippen molar-refractivity contribution in [2.45, 2.75) is 52.5 Å². The van der Waals surface area contributed by atoms with E-state index in [-0.39, 0.29) is 5.91 Å². The van der Waals surface area contributed by atoms with E-state index in [1.807, 2.05) is 23.1 Å². The molecule has 3 nitrogen and oxygen atoms in total. The van der Waals surface area contributed by atoms with E-state index in [2.05, 4.69) is 26.1 Å². The lowest BCUT2D eigenvalue weighted by atomic mass is 10.1. The number of carbonyl (C=O) groups excluding carboxylic acids is 1. The first kappa shape index (κ1) is 14.9. The number of nitrogens with one attached hydrogen (secondary N) is 1. The summed E-state index contributed by atoms with van der Waals surface area (Å²) < 4.78 is 0. The molecule has 1 aromatic rings. The molecule has 0 aliphatic carbocycles. The predicted molar refractivity (Wildman–Crippen MR) is 84.3 cm³/mol. The minimum atomic E-state index is 0.194. The molecule has 110 valence electrons. The maximum Gasteiger partial charge on any atom is 0.254 e. The van der Waals surface area contributed by atoms with Crippen LogP contribution < -0.4 is 5.32 Å². The number of carbonyl (C=O) groups is 1. The van der Waals surface area contributed by atoms with Gasteiger partial charge in [-0.3, -0.25) is 4.79 Å². The van der Waals surface area contributed by atoms with E-state index in [4.69, 9.17) is 0 Å². The molecule has 1 heterocycles. The van der Waals surface area contributed by atoms with Gasteiger partial charge in [0.2, 0.25) is 0 Å². The van der Waals surface area contributed by atoms with Crippen molar-refractivity contribution in [3.8, 4) is 0 Å². The smallest absolute Gasteiger partial charge is 0.254 e. The van der Waals surface area contributed by atoms with E-state index in [1.54, 1.807) is 0 Å². The first-order valence-corrected chi connectivity index (χ1v) is 7.82. The first-order chi connectivity index (χ1) is 9.67. The number of rotatable bonds is 5. The molecular weight excluding hydrogens is 248 g/mol. The van der Waals surface area contributed by atoms with E-state index in [9.17, 15) is 4.79 Å². The number of aryl methyl sites for hydroxylation is 1. The summed E-state index contributed by atoms with van der Waals surface area (Å²) in [4.78, 5) is 14.6. The standard InChI is InChI=1S/C17H26N2O/c1-4-10-18-16-9-8-14(12-13(16)3)17(20)19-11-6-7-15(19)5-2/h8-9,12,15,18H,4-7,10-11H2,1-3H3. The Bertz CT molecular complexity index is 470. The van der Waals surface area contributed by atoms with Gasteiger partial charge in [-0.15, -0.1) is 0 Å². The Kier molecular flexibility index (Phi) is 5.05. The number of hydrogen-bond donors (Lipinski definition) is 1. The van der Waals surface area contributed by atoms with Crippen LogP contribution in [0.15, 0.2) is 18.2 Å². The van der Waals surface area contributed by atoms with Gasteiger partial charge in [0.25, 0.3) is 5.91 Å². The molecule has 2 rings (SSSR count). The van der Waals surface area contributed by atoms with Crippen LogP contribution in [0.4, 0.5) is 5.69 Å². The Balaban J connectivity index is 2.12. The number of hydrogen-bond acceptors (Lipinski definition) is 2. The van der Waals surface area contributed by atoms with E-state index in [1.165, 1.54) is 0 Å². The fraction of sp³-hybridized carbons (Fsp3) is 0.588. The summed E-state index contributed by atoms with van der Waals surface area (Å²) in [7, 11) is 0. The summed E-state index contributed by atoms with van der Waals surface area (Å²) >= 11 is 0. The SMILES string of the molecule is CCCNc1ccc(C(=O)N2CCCC2CC)cc1C. The molecule has 1 N–H and O–H groups in total. The van der Waals surface area contributed by atoms with Crippen molar-refractivity contribution < 1.29 is 4.79 Å². The molecule has 1 aliphatic heterocycles. The van der Waals surface area contributed by atoms with Gasteiger partial charge in [0.15, 0.2) is 0 Å². The highest BCUT2D eigenvalue weighted by Gasteiger charge is 2.28. The molecule has 1 fully saturated rings. The number of amides is 1. The van der Waals surface area contributed by atoms with Crippen LogP contribution in [0.25, 0.3) is 0 Å². The van der Waals surface area contributed by atoms with E-state index < -0.39 is 0 Å². The van der Waals surface area contributed by atoms with Crippen LogP contribution in [0.1, 0.15) is 55.5 Å². The molecular formula is C17H26N2O. The molecule has 0 aromatic heterocycles.